The second-order valence-electron chi connectivity index (χ2n) is 2.47. The van der Waals surface area contributed by atoms with Crippen LogP contribution in [0.3, 0.4) is 0 Å². The molecule has 0 aliphatic carbocycles. The van der Waals surface area contributed by atoms with E-state index in [1.54, 1.807) is 6.92 Å². The van der Waals surface area contributed by atoms with E-state index >= 15 is 0 Å². The van der Waals surface area contributed by atoms with Gasteiger partial charge in [0.25, 0.3) is 0 Å². The highest BCUT2D eigenvalue weighted by Crippen LogP contribution is 1.87. The summed E-state index contributed by atoms with van der Waals surface area (Å²) >= 11 is 0. The zero-order valence-corrected chi connectivity index (χ0v) is 7.38. The molecule has 0 radical (unpaired) electrons. The van der Waals surface area contributed by atoms with Crippen molar-refractivity contribution in [3.05, 3.63) is 0 Å². The van der Waals surface area contributed by atoms with Crippen molar-refractivity contribution in [1.29, 1.82) is 0 Å². The van der Waals surface area contributed by atoms with E-state index in [-0.39, 0.29) is 6.10 Å². The van der Waals surface area contributed by atoms with Crippen LogP contribution < -0.4 is 0 Å². The first-order valence-corrected chi connectivity index (χ1v) is 4.11. The Morgan fingerprint density at radius 2 is 1.91 bits per heavy atom. The smallest absolute Gasteiger partial charge is 0.0745 e. The van der Waals surface area contributed by atoms with Crippen molar-refractivity contribution in [3.63, 3.8) is 0 Å². The molecule has 0 amide bonds. The molecule has 0 aromatic carbocycles. The molecular weight excluding hydrogens is 144 g/mol. The maximum Gasteiger partial charge on any atom is 0.0745 e. The maximum atomic E-state index is 8.80. The van der Waals surface area contributed by atoms with Gasteiger partial charge >= 0.3 is 0 Å². The van der Waals surface area contributed by atoms with E-state index in [1.807, 2.05) is 6.92 Å². The lowest BCUT2D eigenvalue weighted by molar-refractivity contribution is 0.0335. The number of ether oxygens (including phenoxy) is 2. The van der Waals surface area contributed by atoms with Crippen molar-refractivity contribution in [2.75, 3.05) is 26.4 Å². The van der Waals surface area contributed by atoms with Gasteiger partial charge < -0.3 is 14.6 Å². The first-order valence-electron chi connectivity index (χ1n) is 4.11. The number of aliphatic hydroxyl groups is 1. The van der Waals surface area contributed by atoms with Gasteiger partial charge in [-0.05, 0) is 20.3 Å². The monoisotopic (exact) mass is 162 g/mol. The molecule has 0 rings (SSSR count). The highest BCUT2D eigenvalue weighted by atomic mass is 16.5. The minimum absolute atomic E-state index is 0.359. The summed E-state index contributed by atoms with van der Waals surface area (Å²) in [5.41, 5.74) is 0. The van der Waals surface area contributed by atoms with Gasteiger partial charge in [-0.15, -0.1) is 0 Å². The molecule has 0 saturated carbocycles. The number of rotatable bonds is 7. The van der Waals surface area contributed by atoms with Crippen LogP contribution in [0, 0.1) is 0 Å². The molecule has 0 aromatic rings. The average Bonchev–Trinajstić information content (AvgIpc) is 1.96. The van der Waals surface area contributed by atoms with E-state index < -0.39 is 0 Å². The van der Waals surface area contributed by atoms with E-state index in [4.69, 9.17) is 14.6 Å². The Balaban J connectivity index is 2.80. The lowest BCUT2D eigenvalue weighted by Crippen LogP contribution is -2.11. The van der Waals surface area contributed by atoms with Crippen molar-refractivity contribution < 1.29 is 14.6 Å². The van der Waals surface area contributed by atoms with E-state index in [0.29, 0.717) is 13.2 Å². The second-order valence-corrected chi connectivity index (χ2v) is 2.47. The summed E-state index contributed by atoms with van der Waals surface area (Å²) in [6.45, 7) is 6.28. The normalized spacial score (nSPS) is 13.4. The fourth-order valence-corrected chi connectivity index (χ4v) is 0.661. The average molecular weight is 162 g/mol. The highest BCUT2D eigenvalue weighted by molar-refractivity contribution is 4.41. The standard InChI is InChI=1S/C8H18O3/c1-3-10-5-4-6-11-7-8(2)9/h8-9H,3-7H2,1-2H3. The van der Waals surface area contributed by atoms with Gasteiger partial charge in [-0.25, -0.2) is 0 Å². The van der Waals surface area contributed by atoms with Gasteiger partial charge in [0.1, 0.15) is 0 Å². The molecular formula is C8H18O3. The Morgan fingerprint density at radius 3 is 2.45 bits per heavy atom. The van der Waals surface area contributed by atoms with Gasteiger partial charge in [-0.2, -0.15) is 0 Å². The molecule has 0 aromatic heterocycles. The highest BCUT2D eigenvalue weighted by Gasteiger charge is 1.94. The zero-order valence-electron chi connectivity index (χ0n) is 7.38. The molecule has 0 bridgehead atoms. The third-order valence-electron chi connectivity index (χ3n) is 1.14. The predicted molar refractivity (Wildman–Crippen MR) is 43.6 cm³/mol. The van der Waals surface area contributed by atoms with Gasteiger partial charge in [-0.1, -0.05) is 0 Å². The molecule has 1 N–H and O–H groups in total. The van der Waals surface area contributed by atoms with Crippen LogP contribution in [0.5, 0.6) is 0 Å². The molecule has 0 aliphatic heterocycles. The number of hydrogen-bond donors (Lipinski definition) is 1. The first kappa shape index (κ1) is 10.9. The largest absolute Gasteiger partial charge is 0.391 e. The Hall–Kier alpha value is -0.120. The van der Waals surface area contributed by atoms with E-state index in [2.05, 4.69) is 0 Å². The Bertz CT molecular complexity index is 73.7. The minimum atomic E-state index is -0.359. The Labute approximate surface area is 68.3 Å². The zero-order chi connectivity index (χ0) is 8.53. The molecule has 1 unspecified atom stereocenters. The van der Waals surface area contributed by atoms with Crippen molar-refractivity contribution in [3.8, 4) is 0 Å². The van der Waals surface area contributed by atoms with Crippen molar-refractivity contribution in [2.45, 2.75) is 26.4 Å². The van der Waals surface area contributed by atoms with Gasteiger partial charge in [0, 0.05) is 19.8 Å². The summed E-state index contributed by atoms with van der Waals surface area (Å²) in [5.74, 6) is 0. The lowest BCUT2D eigenvalue weighted by atomic mass is 10.4. The van der Waals surface area contributed by atoms with E-state index in [1.165, 1.54) is 0 Å². The van der Waals surface area contributed by atoms with Crippen LogP contribution in [0.25, 0.3) is 0 Å². The van der Waals surface area contributed by atoms with E-state index in [0.717, 1.165) is 19.6 Å². The fourth-order valence-electron chi connectivity index (χ4n) is 0.661. The number of hydrogen-bond acceptors (Lipinski definition) is 3. The lowest BCUT2D eigenvalue weighted by Gasteiger charge is -2.05. The molecule has 0 spiro atoms. The Morgan fingerprint density at radius 1 is 1.27 bits per heavy atom. The Kier molecular flexibility index (Phi) is 7.89. The van der Waals surface area contributed by atoms with Crippen molar-refractivity contribution in [2.24, 2.45) is 0 Å². The van der Waals surface area contributed by atoms with Crippen LogP contribution in [0.1, 0.15) is 20.3 Å². The molecule has 3 heteroatoms. The predicted octanol–water partition coefficient (Wildman–Crippen LogP) is 0.810. The molecule has 11 heavy (non-hydrogen) atoms. The van der Waals surface area contributed by atoms with Crippen molar-refractivity contribution in [1.82, 2.24) is 0 Å². The first-order chi connectivity index (χ1) is 5.27. The summed E-state index contributed by atoms with van der Waals surface area (Å²) in [6, 6.07) is 0. The fraction of sp³-hybridized carbons (Fsp3) is 1.00. The molecule has 0 heterocycles. The number of aliphatic hydroxyl groups excluding tert-OH is 1. The van der Waals surface area contributed by atoms with Crippen molar-refractivity contribution >= 4 is 0 Å². The molecule has 0 fully saturated rings. The van der Waals surface area contributed by atoms with Crippen LogP contribution in [0.15, 0.2) is 0 Å². The third kappa shape index (κ3) is 9.88. The van der Waals surface area contributed by atoms with E-state index in [9.17, 15) is 0 Å². The molecule has 3 nitrogen and oxygen atoms in total. The molecule has 0 saturated heterocycles. The van der Waals surface area contributed by atoms with Crippen LogP contribution in [-0.2, 0) is 9.47 Å². The molecule has 68 valence electrons. The summed E-state index contributed by atoms with van der Waals surface area (Å²) < 4.78 is 10.2. The topological polar surface area (TPSA) is 38.7 Å². The van der Waals surface area contributed by atoms with Gasteiger partial charge in [0.15, 0.2) is 0 Å². The van der Waals surface area contributed by atoms with Gasteiger partial charge in [0.2, 0.25) is 0 Å². The maximum absolute atomic E-state index is 8.80. The quantitative estimate of drug-likeness (QED) is 0.563. The SMILES string of the molecule is CCOCCCOCC(C)O. The molecule has 1 atom stereocenters. The van der Waals surface area contributed by atoms with Crippen LogP contribution >= 0.6 is 0 Å². The second kappa shape index (κ2) is 7.98. The summed E-state index contributed by atoms with van der Waals surface area (Å²) in [7, 11) is 0. The van der Waals surface area contributed by atoms with Gasteiger partial charge in [-0.3, -0.25) is 0 Å². The summed E-state index contributed by atoms with van der Waals surface area (Å²) in [5, 5.41) is 8.80. The summed E-state index contributed by atoms with van der Waals surface area (Å²) in [4.78, 5) is 0. The minimum Gasteiger partial charge on any atom is -0.391 e. The van der Waals surface area contributed by atoms with Crippen LogP contribution in [0.2, 0.25) is 0 Å². The summed E-state index contributed by atoms with van der Waals surface area (Å²) in [6.07, 6.45) is 0.544. The van der Waals surface area contributed by atoms with Gasteiger partial charge in [0.05, 0.1) is 12.7 Å². The third-order valence-corrected chi connectivity index (χ3v) is 1.14. The molecule has 0 aliphatic rings. The van der Waals surface area contributed by atoms with Crippen LogP contribution in [-0.4, -0.2) is 37.6 Å². The van der Waals surface area contributed by atoms with Crippen LogP contribution in [0.4, 0.5) is 0 Å².